The summed E-state index contributed by atoms with van der Waals surface area (Å²) in [5.41, 5.74) is 0. The number of esters is 3. The molecule has 0 fully saturated rings. The number of unbranched alkanes of at least 4 members (excludes halogenated alkanes) is 10. The Bertz CT molecular complexity index is 1180. The van der Waals surface area contributed by atoms with E-state index in [2.05, 4.69) is 112 Å². The largest absolute Gasteiger partial charge is 0.462 e. The smallest absolute Gasteiger partial charge is 0.310 e. The van der Waals surface area contributed by atoms with Gasteiger partial charge in [0.2, 0.25) is 0 Å². The minimum atomic E-state index is -0.848. The van der Waals surface area contributed by atoms with E-state index in [-0.39, 0.29) is 38.0 Å². The molecule has 1 atom stereocenters. The minimum absolute atomic E-state index is 0.0880. The van der Waals surface area contributed by atoms with Crippen LogP contribution in [0.5, 0.6) is 0 Å². The van der Waals surface area contributed by atoms with E-state index in [9.17, 15) is 14.4 Å². The molecular formula is C48H74O6. The number of hydrogen-bond donors (Lipinski definition) is 0. The lowest BCUT2D eigenvalue weighted by molar-refractivity contribution is -0.166. The van der Waals surface area contributed by atoms with Crippen molar-refractivity contribution in [1.82, 2.24) is 0 Å². The lowest BCUT2D eigenvalue weighted by Gasteiger charge is -2.18. The van der Waals surface area contributed by atoms with Gasteiger partial charge in [-0.15, -0.1) is 0 Å². The predicted octanol–water partition coefficient (Wildman–Crippen LogP) is 13.2. The van der Waals surface area contributed by atoms with Gasteiger partial charge < -0.3 is 14.2 Å². The van der Waals surface area contributed by atoms with Gasteiger partial charge in [-0.3, -0.25) is 14.4 Å². The molecule has 0 amide bonds. The number of hydrogen-bond acceptors (Lipinski definition) is 6. The van der Waals surface area contributed by atoms with Crippen molar-refractivity contribution in [2.75, 3.05) is 13.2 Å². The van der Waals surface area contributed by atoms with Gasteiger partial charge in [0, 0.05) is 12.8 Å². The number of allylic oxidation sites excluding steroid dienone is 17. The maximum absolute atomic E-state index is 12.6. The van der Waals surface area contributed by atoms with Crippen LogP contribution in [0.1, 0.15) is 156 Å². The summed E-state index contributed by atoms with van der Waals surface area (Å²) >= 11 is 0. The quantitative estimate of drug-likeness (QED) is 0.0211. The highest BCUT2D eigenvalue weighted by atomic mass is 16.6. The van der Waals surface area contributed by atoms with E-state index < -0.39 is 12.1 Å². The van der Waals surface area contributed by atoms with E-state index in [1.807, 2.05) is 12.2 Å². The molecule has 6 heteroatoms. The summed E-state index contributed by atoms with van der Waals surface area (Å²) in [6.07, 6.45) is 55.5. The first kappa shape index (κ1) is 50.1. The molecule has 0 aliphatic rings. The highest BCUT2D eigenvalue weighted by Gasteiger charge is 2.19. The summed E-state index contributed by atoms with van der Waals surface area (Å²) < 4.78 is 16.4. The first-order valence-corrected chi connectivity index (χ1v) is 20.9. The average Bonchev–Trinajstić information content (AvgIpc) is 3.17. The predicted molar refractivity (Wildman–Crippen MR) is 228 cm³/mol. The standard InChI is InChI=1S/C48H74O6/c1-4-7-10-13-16-19-20-21-22-23-24-25-26-27-30-32-35-38-41-47(50)53-44-45(54-48(51)42-39-36-33-29-18-15-12-9-6-3)43-52-46(49)40-37-34-31-28-17-14-11-8-5-2/h8-9,11-12,16-25,28-29,36,39,45H,4-7,10,13-15,26-27,30-35,37-38,40-44H2,1-3H3/b11-8-,12-9-,19-16-,21-20-,23-22-,25-24-,28-17-,29-18-,39-36-. The highest BCUT2D eigenvalue weighted by Crippen LogP contribution is 2.10. The van der Waals surface area contributed by atoms with Crippen LogP contribution in [-0.4, -0.2) is 37.2 Å². The van der Waals surface area contributed by atoms with Gasteiger partial charge in [-0.05, 0) is 83.5 Å². The summed E-state index contributed by atoms with van der Waals surface area (Å²) in [5, 5.41) is 0. The number of carbonyl (C=O) groups excluding carboxylic acids is 3. The van der Waals surface area contributed by atoms with Crippen molar-refractivity contribution in [1.29, 1.82) is 0 Å². The van der Waals surface area contributed by atoms with E-state index in [1.165, 1.54) is 19.3 Å². The molecule has 0 bridgehead atoms. The Hall–Kier alpha value is -3.93. The fraction of sp³-hybridized carbons (Fsp3) is 0.562. The van der Waals surface area contributed by atoms with Crippen molar-refractivity contribution in [3.63, 3.8) is 0 Å². The van der Waals surface area contributed by atoms with E-state index in [0.29, 0.717) is 12.8 Å². The first-order valence-electron chi connectivity index (χ1n) is 20.9. The fourth-order valence-electron chi connectivity index (χ4n) is 5.02. The molecule has 0 heterocycles. The van der Waals surface area contributed by atoms with Crippen LogP contribution in [0, 0.1) is 0 Å². The summed E-state index contributed by atoms with van der Waals surface area (Å²) in [6.45, 7) is 6.16. The second kappa shape index (κ2) is 41.8. The fourth-order valence-corrected chi connectivity index (χ4v) is 5.02. The second-order valence-corrected chi connectivity index (χ2v) is 13.2. The maximum Gasteiger partial charge on any atom is 0.310 e. The van der Waals surface area contributed by atoms with Gasteiger partial charge in [0.15, 0.2) is 6.10 Å². The third-order valence-corrected chi connectivity index (χ3v) is 8.12. The van der Waals surface area contributed by atoms with Crippen molar-refractivity contribution in [2.24, 2.45) is 0 Å². The lowest BCUT2D eigenvalue weighted by Crippen LogP contribution is -2.30. The molecular weight excluding hydrogens is 673 g/mol. The molecule has 0 saturated carbocycles. The molecule has 302 valence electrons. The Kier molecular flexibility index (Phi) is 38.8. The van der Waals surface area contributed by atoms with Crippen LogP contribution >= 0.6 is 0 Å². The molecule has 0 aromatic carbocycles. The van der Waals surface area contributed by atoms with Gasteiger partial charge in [-0.2, -0.15) is 0 Å². The van der Waals surface area contributed by atoms with E-state index in [0.717, 1.165) is 89.9 Å². The van der Waals surface area contributed by atoms with Crippen LogP contribution in [0.3, 0.4) is 0 Å². The zero-order valence-corrected chi connectivity index (χ0v) is 34.2. The van der Waals surface area contributed by atoms with Crippen LogP contribution in [0.15, 0.2) is 109 Å². The monoisotopic (exact) mass is 747 g/mol. The number of carbonyl (C=O) groups is 3. The Labute approximate surface area is 330 Å². The molecule has 0 N–H and O–H groups in total. The van der Waals surface area contributed by atoms with Crippen LogP contribution in [0.4, 0.5) is 0 Å². The molecule has 1 unspecified atom stereocenters. The van der Waals surface area contributed by atoms with Crippen molar-refractivity contribution >= 4 is 17.9 Å². The van der Waals surface area contributed by atoms with E-state index in [4.69, 9.17) is 14.2 Å². The highest BCUT2D eigenvalue weighted by molar-refractivity contribution is 5.72. The van der Waals surface area contributed by atoms with Gasteiger partial charge in [-0.1, -0.05) is 162 Å². The summed E-state index contributed by atoms with van der Waals surface area (Å²) in [4.78, 5) is 37.4. The van der Waals surface area contributed by atoms with Crippen LogP contribution in [0.25, 0.3) is 0 Å². The second-order valence-electron chi connectivity index (χ2n) is 13.2. The number of ether oxygens (including phenoxy) is 3. The zero-order chi connectivity index (χ0) is 39.4. The molecule has 0 aromatic heterocycles. The maximum atomic E-state index is 12.6. The Morgan fingerprint density at radius 3 is 1.43 bits per heavy atom. The molecule has 0 aromatic rings. The summed E-state index contributed by atoms with van der Waals surface area (Å²) in [7, 11) is 0. The van der Waals surface area contributed by atoms with Crippen molar-refractivity contribution in [3.8, 4) is 0 Å². The Balaban J connectivity index is 4.48. The summed E-state index contributed by atoms with van der Waals surface area (Å²) in [5.74, 6) is -1.14. The topological polar surface area (TPSA) is 78.9 Å². The van der Waals surface area contributed by atoms with E-state index in [1.54, 1.807) is 6.08 Å². The average molecular weight is 747 g/mol. The van der Waals surface area contributed by atoms with Crippen molar-refractivity contribution < 1.29 is 28.6 Å². The molecule has 6 nitrogen and oxygen atoms in total. The van der Waals surface area contributed by atoms with Gasteiger partial charge in [0.1, 0.15) is 13.2 Å². The summed E-state index contributed by atoms with van der Waals surface area (Å²) in [6, 6.07) is 0. The molecule has 0 saturated heterocycles. The molecule has 0 radical (unpaired) electrons. The molecule has 0 aliphatic heterocycles. The third-order valence-electron chi connectivity index (χ3n) is 8.12. The molecule has 0 spiro atoms. The van der Waals surface area contributed by atoms with Gasteiger partial charge in [0.05, 0.1) is 6.42 Å². The SMILES string of the molecule is CC/C=C\C/C=C\C/C=C\CC(=O)OC(COC(=O)CCCC/C=C\C/C=C\CC)COC(=O)CCCCCCC\C=C/C=C\C=C/C=C\CCCCC. The molecule has 54 heavy (non-hydrogen) atoms. The Morgan fingerprint density at radius 1 is 0.426 bits per heavy atom. The first-order chi connectivity index (χ1) is 26.5. The van der Waals surface area contributed by atoms with Crippen molar-refractivity contribution in [2.45, 2.75) is 162 Å². The molecule has 0 aliphatic carbocycles. The van der Waals surface area contributed by atoms with Gasteiger partial charge in [-0.25, -0.2) is 0 Å². The van der Waals surface area contributed by atoms with E-state index >= 15 is 0 Å². The van der Waals surface area contributed by atoms with Gasteiger partial charge >= 0.3 is 17.9 Å². The van der Waals surface area contributed by atoms with Crippen LogP contribution in [0.2, 0.25) is 0 Å². The third kappa shape index (κ3) is 39.3. The van der Waals surface area contributed by atoms with Crippen molar-refractivity contribution in [3.05, 3.63) is 109 Å². The zero-order valence-electron chi connectivity index (χ0n) is 34.2. The lowest BCUT2D eigenvalue weighted by atomic mass is 10.1. The molecule has 0 rings (SSSR count). The van der Waals surface area contributed by atoms with Crippen LogP contribution in [-0.2, 0) is 28.6 Å². The van der Waals surface area contributed by atoms with Gasteiger partial charge in [0.25, 0.3) is 0 Å². The van der Waals surface area contributed by atoms with Crippen LogP contribution < -0.4 is 0 Å². The number of rotatable bonds is 35. The minimum Gasteiger partial charge on any atom is -0.462 e. The Morgan fingerprint density at radius 2 is 0.852 bits per heavy atom. The normalized spacial score (nSPS) is 13.2.